The smallest absolute Gasteiger partial charge is 0.471 e. The number of rotatable bonds is 15. The van der Waals surface area contributed by atoms with Gasteiger partial charge in [-0.3, -0.25) is 14.9 Å². The van der Waals surface area contributed by atoms with Gasteiger partial charge < -0.3 is 34.5 Å². The summed E-state index contributed by atoms with van der Waals surface area (Å²) in [5.41, 5.74) is -0.918. The second-order valence-electron chi connectivity index (χ2n) is 13.5. The highest BCUT2D eigenvalue weighted by atomic mass is 28.3. The minimum atomic E-state index is -5.21. The molecular formula is C31H46F3N5O8Si. The number of carboxylic acid groups (broad SMARTS) is 1. The van der Waals surface area contributed by atoms with Gasteiger partial charge in [-0.15, -0.1) is 0 Å². The molecule has 13 nitrogen and oxygen atoms in total. The molecule has 4 N–H and O–H groups in total. The summed E-state index contributed by atoms with van der Waals surface area (Å²) in [6.07, 6.45) is -4.44. The van der Waals surface area contributed by atoms with Crippen LogP contribution in [0.5, 0.6) is 0 Å². The van der Waals surface area contributed by atoms with Crippen molar-refractivity contribution in [1.82, 2.24) is 14.9 Å². The largest absolute Gasteiger partial charge is 0.481 e. The zero-order valence-corrected chi connectivity index (χ0v) is 29.5. The molecule has 0 aliphatic carbocycles. The van der Waals surface area contributed by atoms with Gasteiger partial charge in [0.15, 0.2) is 0 Å². The fourth-order valence-electron chi connectivity index (χ4n) is 4.26. The Hall–Kier alpha value is -4.12. The summed E-state index contributed by atoms with van der Waals surface area (Å²) < 4.78 is 57.5. The number of hydrogen-bond acceptors (Lipinski definition) is 8. The number of amides is 3. The van der Waals surface area contributed by atoms with E-state index in [0.717, 1.165) is 19.2 Å². The predicted molar refractivity (Wildman–Crippen MR) is 175 cm³/mol. The Labute approximate surface area is 278 Å². The Kier molecular flexibility index (Phi) is 14.0. The SMILES string of the molecule is COC(=O)Nc1ccc(-c2cn(COCC[Si](C)(C)C)c([C@H](CCCC(C)C(=O)O)NC(=O)OC(C)(C)C)n2)c(NC(=O)C(F)(F)F)c1. The Bertz CT molecular complexity index is 1440. The van der Waals surface area contributed by atoms with Crippen molar-refractivity contribution in [3.05, 3.63) is 30.2 Å². The Balaban J connectivity index is 2.66. The zero-order chi connectivity index (χ0) is 36.4. The summed E-state index contributed by atoms with van der Waals surface area (Å²) in [6.45, 7) is 13.6. The lowest BCUT2D eigenvalue weighted by Gasteiger charge is -2.24. The molecule has 0 saturated carbocycles. The normalized spacial score (nSPS) is 13.3. The van der Waals surface area contributed by atoms with Gasteiger partial charge in [0.05, 0.1) is 30.5 Å². The molecule has 3 amide bonds. The zero-order valence-electron chi connectivity index (χ0n) is 28.5. The number of imidazole rings is 1. The number of aliphatic carboxylic acids is 1. The second-order valence-corrected chi connectivity index (χ2v) is 19.1. The minimum absolute atomic E-state index is 0.0307. The topological polar surface area (TPSA) is 170 Å². The number of nitrogens with zero attached hydrogens (tertiary/aromatic N) is 2. The van der Waals surface area contributed by atoms with Crippen molar-refractivity contribution in [2.24, 2.45) is 5.92 Å². The lowest BCUT2D eigenvalue weighted by Crippen LogP contribution is -2.36. The number of carbonyl (C=O) groups excluding carboxylic acids is 3. The van der Waals surface area contributed by atoms with Crippen LogP contribution in [0.15, 0.2) is 24.4 Å². The van der Waals surface area contributed by atoms with Crippen molar-refractivity contribution >= 4 is 43.5 Å². The maximum Gasteiger partial charge on any atom is 0.471 e. The van der Waals surface area contributed by atoms with Crippen LogP contribution >= 0.6 is 0 Å². The van der Waals surface area contributed by atoms with E-state index in [4.69, 9.17) is 9.47 Å². The number of carbonyl (C=O) groups is 4. The van der Waals surface area contributed by atoms with E-state index in [-0.39, 0.29) is 41.6 Å². The van der Waals surface area contributed by atoms with Gasteiger partial charge in [0, 0.05) is 32.1 Å². The van der Waals surface area contributed by atoms with Crippen LogP contribution in [-0.4, -0.2) is 72.3 Å². The van der Waals surface area contributed by atoms with Gasteiger partial charge in [-0.25, -0.2) is 14.6 Å². The van der Waals surface area contributed by atoms with E-state index in [1.54, 1.807) is 32.3 Å². The molecule has 2 atom stereocenters. The van der Waals surface area contributed by atoms with Crippen LogP contribution in [0.4, 0.5) is 34.1 Å². The fraction of sp³-hybridized carbons (Fsp3) is 0.581. The number of ether oxygens (including phenoxy) is 3. The third kappa shape index (κ3) is 13.5. The quantitative estimate of drug-likeness (QED) is 0.113. The first-order valence-electron chi connectivity index (χ1n) is 15.3. The van der Waals surface area contributed by atoms with E-state index < -0.39 is 55.9 Å². The number of alkyl carbamates (subject to hydrolysis) is 1. The predicted octanol–water partition coefficient (Wildman–Crippen LogP) is 7.00. The van der Waals surface area contributed by atoms with Crippen LogP contribution in [0.1, 0.15) is 58.8 Å². The van der Waals surface area contributed by atoms with Crippen LogP contribution in [-0.2, 0) is 30.5 Å². The molecule has 1 heterocycles. The van der Waals surface area contributed by atoms with Crippen molar-refractivity contribution in [2.75, 3.05) is 24.4 Å². The number of benzene rings is 1. The van der Waals surface area contributed by atoms with Gasteiger partial charge in [-0.2, -0.15) is 13.2 Å². The third-order valence-electron chi connectivity index (χ3n) is 6.82. The molecular weight excluding hydrogens is 655 g/mol. The van der Waals surface area contributed by atoms with Crippen LogP contribution in [0.25, 0.3) is 11.3 Å². The number of methoxy groups -OCH3 is 1. The number of nitrogens with one attached hydrogen (secondary N) is 3. The molecule has 2 rings (SSSR count). The summed E-state index contributed by atoms with van der Waals surface area (Å²) in [4.78, 5) is 52.8. The summed E-state index contributed by atoms with van der Waals surface area (Å²) in [6, 6.07) is 3.90. The second kappa shape index (κ2) is 16.8. The summed E-state index contributed by atoms with van der Waals surface area (Å²) >= 11 is 0. The molecule has 0 aliphatic rings. The van der Waals surface area contributed by atoms with Gasteiger partial charge in [0.2, 0.25) is 0 Å². The average Bonchev–Trinajstić information content (AvgIpc) is 3.36. The Morgan fingerprint density at radius 2 is 1.71 bits per heavy atom. The number of anilines is 2. The van der Waals surface area contributed by atoms with Gasteiger partial charge in [0.25, 0.3) is 0 Å². The van der Waals surface area contributed by atoms with E-state index in [0.29, 0.717) is 19.4 Å². The van der Waals surface area contributed by atoms with E-state index >= 15 is 0 Å². The molecule has 0 radical (unpaired) electrons. The molecule has 17 heteroatoms. The van der Waals surface area contributed by atoms with Gasteiger partial charge in [-0.05, 0) is 57.9 Å². The van der Waals surface area contributed by atoms with Crippen molar-refractivity contribution in [3.63, 3.8) is 0 Å². The average molecular weight is 702 g/mol. The molecule has 0 saturated heterocycles. The maximum atomic E-state index is 13.3. The highest BCUT2D eigenvalue weighted by Gasteiger charge is 2.39. The highest BCUT2D eigenvalue weighted by molar-refractivity contribution is 6.76. The molecule has 1 aromatic heterocycles. The van der Waals surface area contributed by atoms with E-state index in [2.05, 4.69) is 40.0 Å². The van der Waals surface area contributed by atoms with Gasteiger partial charge >= 0.3 is 30.2 Å². The van der Waals surface area contributed by atoms with Crippen LogP contribution in [0.3, 0.4) is 0 Å². The first-order chi connectivity index (χ1) is 22.1. The van der Waals surface area contributed by atoms with Crippen molar-refractivity contribution in [1.29, 1.82) is 0 Å². The molecule has 1 aromatic carbocycles. The van der Waals surface area contributed by atoms with Crippen molar-refractivity contribution < 1.29 is 51.7 Å². The summed E-state index contributed by atoms with van der Waals surface area (Å²) in [5.74, 6) is -3.60. The number of hydrogen-bond donors (Lipinski definition) is 4. The number of alkyl halides is 3. The first kappa shape index (κ1) is 40.1. The van der Waals surface area contributed by atoms with Gasteiger partial charge in [0.1, 0.15) is 18.2 Å². The van der Waals surface area contributed by atoms with E-state index in [9.17, 15) is 37.5 Å². The molecule has 0 bridgehead atoms. The number of carboxylic acids is 1. The monoisotopic (exact) mass is 701 g/mol. The van der Waals surface area contributed by atoms with Crippen molar-refractivity contribution in [3.8, 4) is 11.3 Å². The summed E-state index contributed by atoms with van der Waals surface area (Å²) in [5, 5.41) is 16.3. The van der Waals surface area contributed by atoms with Gasteiger partial charge in [-0.1, -0.05) is 33.0 Å². The molecule has 48 heavy (non-hydrogen) atoms. The lowest BCUT2D eigenvalue weighted by atomic mass is 10.0. The molecule has 0 fully saturated rings. The fourth-order valence-corrected chi connectivity index (χ4v) is 5.02. The van der Waals surface area contributed by atoms with Crippen LogP contribution < -0.4 is 16.0 Å². The number of halogens is 3. The Morgan fingerprint density at radius 1 is 1.04 bits per heavy atom. The Morgan fingerprint density at radius 3 is 2.27 bits per heavy atom. The molecule has 268 valence electrons. The summed E-state index contributed by atoms with van der Waals surface area (Å²) in [7, 11) is -0.351. The molecule has 2 aromatic rings. The third-order valence-corrected chi connectivity index (χ3v) is 8.53. The van der Waals surface area contributed by atoms with E-state index in [1.807, 2.05) is 5.32 Å². The molecule has 1 unspecified atom stereocenters. The standard InChI is InChI=1S/C31H46F3N5O8Si/c1-19(26(40)41)10-9-11-22(38-29(44)47-30(2,3)4)25-36-24(17-39(25)18-46-14-15-48(6,7)8)21-13-12-20(35-28(43)45-5)16-23(21)37-27(42)31(32,33)34/h12-13,16-17,19,22H,9-11,14-15,18H2,1-8H3,(H,35,43)(H,37,42)(H,38,44)(H,40,41)/t19?,22-/m0/s1. The van der Waals surface area contributed by atoms with Crippen LogP contribution in [0.2, 0.25) is 25.7 Å². The number of aromatic nitrogens is 2. The molecule has 0 aliphatic heterocycles. The first-order valence-corrected chi connectivity index (χ1v) is 19.0. The van der Waals surface area contributed by atoms with E-state index in [1.165, 1.54) is 18.3 Å². The molecule has 0 spiro atoms. The maximum absolute atomic E-state index is 13.3. The minimum Gasteiger partial charge on any atom is -0.481 e. The van der Waals surface area contributed by atoms with Crippen LogP contribution in [0, 0.1) is 5.92 Å². The lowest BCUT2D eigenvalue weighted by molar-refractivity contribution is -0.167. The van der Waals surface area contributed by atoms with Crippen molar-refractivity contribution in [2.45, 2.75) is 97.2 Å². The highest BCUT2D eigenvalue weighted by Crippen LogP contribution is 2.34.